The van der Waals surface area contributed by atoms with E-state index in [4.69, 9.17) is 11.6 Å². The molecule has 2 rings (SSSR count). The van der Waals surface area contributed by atoms with Crippen molar-refractivity contribution in [3.63, 3.8) is 0 Å². The van der Waals surface area contributed by atoms with Crippen molar-refractivity contribution in [2.45, 2.75) is 19.4 Å². The monoisotopic (exact) mass is 296 g/mol. The summed E-state index contributed by atoms with van der Waals surface area (Å²) in [5.41, 5.74) is -0.953. The molecule has 2 amide bonds. The number of nitrogens with zero attached hydrogens (tertiary/aromatic N) is 1. The van der Waals surface area contributed by atoms with E-state index in [9.17, 15) is 19.5 Å². The minimum Gasteiger partial charge on any atom is -0.478 e. The van der Waals surface area contributed by atoms with Crippen molar-refractivity contribution in [2.24, 2.45) is 0 Å². The molecule has 1 saturated heterocycles. The van der Waals surface area contributed by atoms with Crippen LogP contribution in [0.25, 0.3) is 0 Å². The Morgan fingerprint density at radius 2 is 2.05 bits per heavy atom. The lowest BCUT2D eigenvalue weighted by Crippen LogP contribution is -2.64. The molecule has 6 nitrogen and oxygen atoms in total. The average Bonchev–Trinajstić information content (AvgIpc) is 2.34. The molecule has 0 aliphatic carbocycles. The molecule has 0 spiro atoms. The second kappa shape index (κ2) is 4.79. The minimum atomic E-state index is -1.17. The third kappa shape index (κ3) is 2.22. The summed E-state index contributed by atoms with van der Waals surface area (Å²) in [6.07, 6.45) is 0. The van der Waals surface area contributed by atoms with Crippen LogP contribution in [0.3, 0.4) is 0 Å². The zero-order valence-corrected chi connectivity index (χ0v) is 11.7. The van der Waals surface area contributed by atoms with Gasteiger partial charge < -0.3 is 10.0 Å². The highest BCUT2D eigenvalue weighted by atomic mass is 35.5. The molecular formula is C13H13ClN2O4. The Balaban J connectivity index is 2.63. The van der Waals surface area contributed by atoms with E-state index in [2.05, 4.69) is 5.32 Å². The van der Waals surface area contributed by atoms with Gasteiger partial charge in [-0.1, -0.05) is 17.7 Å². The van der Waals surface area contributed by atoms with Crippen molar-refractivity contribution in [3.05, 3.63) is 28.8 Å². The maximum atomic E-state index is 11.9. The lowest BCUT2D eigenvalue weighted by Gasteiger charge is -2.42. The lowest BCUT2D eigenvalue weighted by molar-refractivity contribution is -0.135. The van der Waals surface area contributed by atoms with Crippen LogP contribution in [0.1, 0.15) is 24.2 Å². The molecule has 20 heavy (non-hydrogen) atoms. The van der Waals surface area contributed by atoms with E-state index < -0.39 is 23.3 Å². The summed E-state index contributed by atoms with van der Waals surface area (Å²) in [5.74, 6) is -2.16. The molecule has 0 unspecified atom stereocenters. The fourth-order valence-corrected chi connectivity index (χ4v) is 2.38. The van der Waals surface area contributed by atoms with Gasteiger partial charge in [-0.15, -0.1) is 0 Å². The molecule has 0 bridgehead atoms. The molecule has 1 aliphatic heterocycles. The Labute approximate surface area is 120 Å². The highest BCUT2D eigenvalue weighted by Gasteiger charge is 2.42. The van der Waals surface area contributed by atoms with Crippen molar-refractivity contribution < 1.29 is 19.5 Å². The summed E-state index contributed by atoms with van der Waals surface area (Å²) < 4.78 is 0. The highest BCUT2D eigenvalue weighted by molar-refractivity contribution is 6.34. The normalized spacial score (nSPS) is 17.9. The van der Waals surface area contributed by atoms with E-state index in [1.807, 2.05) is 0 Å². The molecule has 1 aliphatic rings. The fraction of sp³-hybridized carbons (Fsp3) is 0.308. The van der Waals surface area contributed by atoms with Crippen LogP contribution in [-0.4, -0.2) is 35.0 Å². The number of carbonyl (C=O) groups excluding carboxylic acids is 2. The van der Waals surface area contributed by atoms with Crippen LogP contribution in [0.2, 0.25) is 5.02 Å². The van der Waals surface area contributed by atoms with E-state index in [1.165, 1.54) is 23.1 Å². The first kappa shape index (κ1) is 14.3. The van der Waals surface area contributed by atoms with Crippen LogP contribution >= 0.6 is 11.6 Å². The third-order valence-corrected chi connectivity index (χ3v) is 3.58. The van der Waals surface area contributed by atoms with E-state index in [0.717, 1.165) is 0 Å². The van der Waals surface area contributed by atoms with Gasteiger partial charge in [0.05, 0.1) is 22.8 Å². The standard InChI is InChI=1S/C13H13ClN2O4/c1-13(2)12(20)15-9(17)6-16(13)10-7(11(18)19)4-3-5-8(10)14/h3-5H,6H2,1-2H3,(H,18,19)(H,15,17,20). The predicted octanol–water partition coefficient (Wildman–Crippen LogP) is 1.28. The maximum Gasteiger partial charge on any atom is 0.337 e. The number of piperazine rings is 1. The first-order chi connectivity index (χ1) is 9.25. The first-order valence-corrected chi connectivity index (χ1v) is 6.26. The van der Waals surface area contributed by atoms with Gasteiger partial charge in [0, 0.05) is 0 Å². The van der Waals surface area contributed by atoms with Crippen LogP contribution in [0.5, 0.6) is 0 Å². The number of carbonyl (C=O) groups is 3. The molecule has 0 radical (unpaired) electrons. The highest BCUT2D eigenvalue weighted by Crippen LogP contribution is 2.35. The second-order valence-electron chi connectivity index (χ2n) is 4.96. The van der Waals surface area contributed by atoms with Crippen molar-refractivity contribution in [3.8, 4) is 0 Å². The molecule has 1 heterocycles. The van der Waals surface area contributed by atoms with Gasteiger partial charge in [0.15, 0.2) is 0 Å². The number of carboxylic acid groups (broad SMARTS) is 1. The van der Waals surface area contributed by atoms with Gasteiger partial charge in [-0.3, -0.25) is 14.9 Å². The van der Waals surface area contributed by atoms with Gasteiger partial charge in [0.25, 0.3) is 5.91 Å². The number of imide groups is 1. The summed E-state index contributed by atoms with van der Waals surface area (Å²) in [6, 6.07) is 4.42. The SMILES string of the molecule is CC1(C)C(=O)NC(=O)CN1c1c(Cl)cccc1C(=O)O. The Morgan fingerprint density at radius 1 is 1.40 bits per heavy atom. The topological polar surface area (TPSA) is 86.7 Å². The van der Waals surface area contributed by atoms with E-state index in [1.54, 1.807) is 13.8 Å². The third-order valence-electron chi connectivity index (χ3n) is 3.27. The van der Waals surface area contributed by atoms with E-state index in [-0.39, 0.29) is 22.8 Å². The number of hydrogen-bond acceptors (Lipinski definition) is 4. The van der Waals surface area contributed by atoms with Crippen LogP contribution in [-0.2, 0) is 9.59 Å². The van der Waals surface area contributed by atoms with Crippen molar-refractivity contribution >= 4 is 35.1 Å². The maximum absolute atomic E-state index is 11.9. The average molecular weight is 297 g/mol. The number of halogens is 1. The summed E-state index contributed by atoms with van der Waals surface area (Å²) in [4.78, 5) is 36.2. The second-order valence-corrected chi connectivity index (χ2v) is 5.37. The number of anilines is 1. The predicted molar refractivity (Wildman–Crippen MR) is 73.0 cm³/mol. The number of aromatic carboxylic acids is 1. The van der Waals surface area contributed by atoms with Crippen molar-refractivity contribution in [2.75, 3.05) is 11.4 Å². The fourth-order valence-electron chi connectivity index (χ4n) is 2.10. The molecule has 1 fully saturated rings. The van der Waals surface area contributed by atoms with Gasteiger partial charge in [-0.05, 0) is 26.0 Å². The van der Waals surface area contributed by atoms with Crippen LogP contribution in [0.15, 0.2) is 18.2 Å². The molecular weight excluding hydrogens is 284 g/mol. The Morgan fingerprint density at radius 3 is 2.65 bits per heavy atom. The molecule has 1 aromatic rings. The number of carboxylic acids is 1. The largest absolute Gasteiger partial charge is 0.478 e. The number of rotatable bonds is 2. The molecule has 0 aromatic heterocycles. The van der Waals surface area contributed by atoms with Crippen molar-refractivity contribution in [1.82, 2.24) is 5.32 Å². The van der Waals surface area contributed by atoms with Crippen molar-refractivity contribution in [1.29, 1.82) is 0 Å². The van der Waals surface area contributed by atoms with Gasteiger partial charge in [-0.2, -0.15) is 0 Å². The Kier molecular flexibility index (Phi) is 3.43. The smallest absolute Gasteiger partial charge is 0.337 e. The first-order valence-electron chi connectivity index (χ1n) is 5.89. The van der Waals surface area contributed by atoms with Gasteiger partial charge >= 0.3 is 5.97 Å². The number of nitrogens with one attached hydrogen (secondary N) is 1. The van der Waals surface area contributed by atoms with Gasteiger partial charge in [-0.25, -0.2) is 4.79 Å². The molecule has 1 aromatic carbocycles. The minimum absolute atomic E-state index is 0.0481. The van der Waals surface area contributed by atoms with Gasteiger partial charge in [0.2, 0.25) is 5.91 Å². The number of para-hydroxylation sites is 1. The lowest BCUT2D eigenvalue weighted by atomic mass is 9.96. The number of amides is 2. The van der Waals surface area contributed by atoms with Crippen LogP contribution in [0, 0.1) is 0 Å². The Bertz CT molecular complexity index is 612. The molecule has 0 atom stereocenters. The summed E-state index contributed by atoms with van der Waals surface area (Å²) >= 11 is 6.08. The number of benzene rings is 1. The van der Waals surface area contributed by atoms with E-state index in [0.29, 0.717) is 0 Å². The van der Waals surface area contributed by atoms with Crippen LogP contribution in [0.4, 0.5) is 5.69 Å². The molecule has 0 saturated carbocycles. The molecule has 2 N–H and O–H groups in total. The van der Waals surface area contributed by atoms with Crippen LogP contribution < -0.4 is 10.2 Å². The van der Waals surface area contributed by atoms with Gasteiger partial charge in [0.1, 0.15) is 5.54 Å². The number of hydrogen-bond donors (Lipinski definition) is 2. The zero-order chi connectivity index (χ0) is 15.1. The summed E-state index contributed by atoms with van der Waals surface area (Å²) in [6.45, 7) is 3.07. The Hall–Kier alpha value is -2.08. The quantitative estimate of drug-likeness (QED) is 0.803. The molecule has 106 valence electrons. The summed E-state index contributed by atoms with van der Waals surface area (Å²) in [7, 11) is 0. The zero-order valence-electron chi connectivity index (χ0n) is 10.9. The summed E-state index contributed by atoms with van der Waals surface area (Å²) in [5, 5.41) is 11.7. The molecule has 7 heteroatoms. The van der Waals surface area contributed by atoms with E-state index >= 15 is 0 Å².